The van der Waals surface area contributed by atoms with E-state index in [-0.39, 0.29) is 0 Å². The number of nitrogens with zero attached hydrogens (tertiary/aromatic N) is 2. The molecule has 0 aromatic heterocycles. The molecule has 128 valence electrons. The molecule has 3 rings (SSSR count). The van der Waals surface area contributed by atoms with Crippen LogP contribution < -0.4 is 10.6 Å². The average molecular weight is 391 g/mol. The van der Waals surface area contributed by atoms with Crippen LogP contribution in [-0.2, 0) is 6.54 Å². The number of halogens is 2. The van der Waals surface area contributed by atoms with Crippen molar-refractivity contribution in [1.29, 1.82) is 0 Å². The van der Waals surface area contributed by atoms with E-state index < -0.39 is 0 Å². The Bertz CT molecular complexity index is 847. The molecule has 0 atom stereocenters. The predicted octanol–water partition coefficient (Wildman–Crippen LogP) is 5.52. The van der Waals surface area contributed by atoms with E-state index in [1.165, 1.54) is 17.3 Å². The summed E-state index contributed by atoms with van der Waals surface area (Å²) in [7, 11) is 0. The van der Waals surface area contributed by atoms with Gasteiger partial charge >= 0.3 is 0 Å². The van der Waals surface area contributed by atoms with Crippen molar-refractivity contribution < 1.29 is 0 Å². The third-order valence-electron chi connectivity index (χ3n) is 3.34. The molecule has 0 aliphatic carbocycles. The quantitative estimate of drug-likeness (QED) is 0.706. The highest BCUT2D eigenvalue weighted by atomic mass is 35.5. The van der Waals surface area contributed by atoms with Crippen molar-refractivity contribution in [3.63, 3.8) is 0 Å². The van der Waals surface area contributed by atoms with Gasteiger partial charge in [-0.25, -0.2) is 4.99 Å². The van der Waals surface area contributed by atoms with Crippen molar-refractivity contribution in [2.24, 2.45) is 9.98 Å². The second-order valence-electron chi connectivity index (χ2n) is 5.33. The van der Waals surface area contributed by atoms with Crippen molar-refractivity contribution in [3.8, 4) is 0 Å². The second kappa shape index (κ2) is 8.43. The summed E-state index contributed by atoms with van der Waals surface area (Å²) in [5, 5.41) is 9.08. The summed E-state index contributed by atoms with van der Waals surface area (Å²) in [5.74, 6) is 0. The van der Waals surface area contributed by atoms with E-state index in [0.29, 0.717) is 15.2 Å². The van der Waals surface area contributed by atoms with Crippen LogP contribution in [0.1, 0.15) is 12.5 Å². The lowest BCUT2D eigenvalue weighted by Gasteiger charge is -2.16. The molecule has 0 bridgehead atoms. The van der Waals surface area contributed by atoms with Crippen LogP contribution in [0.2, 0.25) is 10.0 Å². The van der Waals surface area contributed by atoms with Crippen LogP contribution in [0.25, 0.3) is 0 Å². The maximum Gasteiger partial charge on any atom is 0.197 e. The summed E-state index contributed by atoms with van der Waals surface area (Å²) in [6.45, 7) is 2.75. The molecule has 0 spiro atoms. The minimum absolute atomic E-state index is 0.557. The van der Waals surface area contributed by atoms with Crippen LogP contribution in [0.3, 0.4) is 0 Å². The topological polar surface area (TPSA) is 48.8 Å². The number of amidine groups is 2. The largest absolute Gasteiger partial charge is 0.383 e. The molecule has 0 saturated heterocycles. The van der Waals surface area contributed by atoms with Gasteiger partial charge in [0.2, 0.25) is 0 Å². The molecule has 1 heterocycles. The van der Waals surface area contributed by atoms with E-state index in [1.807, 2.05) is 31.2 Å². The summed E-state index contributed by atoms with van der Waals surface area (Å²) >= 11 is 13.5. The SMILES string of the molecule is C/C(=C\N=C1N=C(Nc2ccc(Cl)cc2Cl)S1)NCc1ccccc1. The molecule has 25 heavy (non-hydrogen) atoms. The fourth-order valence-electron chi connectivity index (χ4n) is 2.03. The standard InChI is InChI=1S/C18H16Cl2N4S/c1-12(21-11-13-5-3-2-4-6-13)10-22-17-24-18(25-17)23-16-8-7-14(19)9-15(16)20/h2-10,21H,11H2,1H3,(H,22,23,24)/b12-10+. The molecule has 0 amide bonds. The minimum Gasteiger partial charge on any atom is -0.383 e. The lowest BCUT2D eigenvalue weighted by molar-refractivity contribution is 0.808. The molecule has 2 aromatic carbocycles. The van der Waals surface area contributed by atoms with E-state index in [4.69, 9.17) is 23.2 Å². The number of benzene rings is 2. The van der Waals surface area contributed by atoms with E-state index in [1.54, 1.807) is 18.3 Å². The van der Waals surface area contributed by atoms with E-state index in [0.717, 1.165) is 23.1 Å². The Kier molecular flexibility index (Phi) is 6.02. The number of anilines is 1. The van der Waals surface area contributed by atoms with Gasteiger partial charge in [0.25, 0.3) is 0 Å². The Balaban J connectivity index is 1.52. The highest BCUT2D eigenvalue weighted by Gasteiger charge is 2.18. The molecular weight excluding hydrogens is 375 g/mol. The zero-order valence-electron chi connectivity index (χ0n) is 13.5. The highest BCUT2D eigenvalue weighted by Crippen LogP contribution is 2.29. The maximum atomic E-state index is 6.12. The summed E-state index contributed by atoms with van der Waals surface area (Å²) in [6.07, 6.45) is 1.78. The molecule has 0 radical (unpaired) electrons. The van der Waals surface area contributed by atoms with Crippen LogP contribution in [-0.4, -0.2) is 10.3 Å². The van der Waals surface area contributed by atoms with E-state index in [2.05, 4.69) is 32.8 Å². The van der Waals surface area contributed by atoms with Crippen LogP contribution in [0, 0.1) is 0 Å². The summed E-state index contributed by atoms with van der Waals surface area (Å²) in [6, 6.07) is 15.5. The Morgan fingerprint density at radius 2 is 1.96 bits per heavy atom. The molecule has 4 nitrogen and oxygen atoms in total. The first-order valence-corrected chi connectivity index (χ1v) is 9.18. The number of hydrogen-bond donors (Lipinski definition) is 2. The number of allylic oxidation sites excluding steroid dienone is 1. The van der Waals surface area contributed by atoms with Gasteiger partial charge < -0.3 is 10.6 Å². The van der Waals surface area contributed by atoms with Gasteiger partial charge in [0, 0.05) is 23.5 Å². The fraction of sp³-hybridized carbons (Fsp3) is 0.111. The van der Waals surface area contributed by atoms with Crippen molar-refractivity contribution in [1.82, 2.24) is 5.32 Å². The summed E-state index contributed by atoms with van der Waals surface area (Å²) in [5.41, 5.74) is 2.98. The van der Waals surface area contributed by atoms with Crippen LogP contribution in [0.5, 0.6) is 0 Å². The average Bonchev–Trinajstić information content (AvgIpc) is 2.57. The summed E-state index contributed by atoms with van der Waals surface area (Å²) in [4.78, 5) is 8.67. The lowest BCUT2D eigenvalue weighted by atomic mass is 10.2. The van der Waals surface area contributed by atoms with Gasteiger partial charge in [-0.1, -0.05) is 53.5 Å². The molecule has 0 unspecified atom stereocenters. The minimum atomic E-state index is 0.557. The number of nitrogens with one attached hydrogen (secondary N) is 2. The van der Waals surface area contributed by atoms with Gasteiger partial charge in [0.15, 0.2) is 10.3 Å². The Morgan fingerprint density at radius 1 is 1.20 bits per heavy atom. The van der Waals surface area contributed by atoms with Gasteiger partial charge in [-0.05, 0) is 42.4 Å². The zero-order chi connectivity index (χ0) is 17.6. The third kappa shape index (κ3) is 5.26. The molecule has 0 fully saturated rings. The van der Waals surface area contributed by atoms with Crippen molar-refractivity contribution in [3.05, 3.63) is 76.0 Å². The monoisotopic (exact) mass is 390 g/mol. The molecule has 2 N–H and O–H groups in total. The van der Waals surface area contributed by atoms with Crippen LogP contribution in [0.4, 0.5) is 5.69 Å². The molecule has 0 saturated carbocycles. The highest BCUT2D eigenvalue weighted by molar-refractivity contribution is 8.29. The zero-order valence-corrected chi connectivity index (χ0v) is 15.8. The van der Waals surface area contributed by atoms with Gasteiger partial charge in [-0.15, -0.1) is 0 Å². The first kappa shape index (κ1) is 17.9. The Labute approximate surface area is 161 Å². The maximum absolute atomic E-state index is 6.12. The van der Waals surface area contributed by atoms with Gasteiger partial charge in [0.05, 0.1) is 10.7 Å². The number of thioether (sulfide) groups is 1. The molecule has 2 aromatic rings. The second-order valence-corrected chi connectivity index (χ2v) is 7.13. The van der Waals surface area contributed by atoms with Gasteiger partial charge in [-0.3, -0.25) is 0 Å². The van der Waals surface area contributed by atoms with E-state index >= 15 is 0 Å². The van der Waals surface area contributed by atoms with Crippen molar-refractivity contribution in [2.75, 3.05) is 5.32 Å². The molecular formula is C18H16Cl2N4S. The number of rotatable bonds is 5. The molecule has 1 aliphatic heterocycles. The first-order valence-electron chi connectivity index (χ1n) is 7.61. The van der Waals surface area contributed by atoms with Crippen LogP contribution in [0.15, 0.2) is 70.4 Å². The Morgan fingerprint density at radius 3 is 2.68 bits per heavy atom. The van der Waals surface area contributed by atoms with Gasteiger partial charge in [-0.2, -0.15) is 4.99 Å². The third-order valence-corrected chi connectivity index (χ3v) is 4.65. The van der Waals surface area contributed by atoms with E-state index in [9.17, 15) is 0 Å². The Hall–Kier alpha value is -1.95. The van der Waals surface area contributed by atoms with Crippen molar-refractivity contribution in [2.45, 2.75) is 13.5 Å². The van der Waals surface area contributed by atoms with Crippen LogP contribution >= 0.6 is 35.0 Å². The fourth-order valence-corrected chi connectivity index (χ4v) is 3.06. The van der Waals surface area contributed by atoms with Crippen molar-refractivity contribution >= 4 is 51.0 Å². The predicted molar refractivity (Wildman–Crippen MR) is 110 cm³/mol. The number of aliphatic imine (C=N–C) groups is 2. The lowest BCUT2D eigenvalue weighted by Crippen LogP contribution is -2.19. The first-order chi connectivity index (χ1) is 12.1. The molecule has 7 heteroatoms. The molecule has 1 aliphatic rings. The normalized spacial score (nSPS) is 15.6. The summed E-state index contributed by atoms with van der Waals surface area (Å²) < 4.78 is 0. The number of hydrogen-bond acceptors (Lipinski definition) is 4. The smallest absolute Gasteiger partial charge is 0.197 e. The van der Waals surface area contributed by atoms with Gasteiger partial charge in [0.1, 0.15) is 0 Å².